The highest BCUT2D eigenvalue weighted by Crippen LogP contribution is 2.25. The zero-order valence-electron chi connectivity index (χ0n) is 20.8. The number of hydrogen-bond donors (Lipinski definition) is 1. The predicted molar refractivity (Wildman–Crippen MR) is 137 cm³/mol. The molecule has 0 heterocycles. The average Bonchev–Trinajstić information content (AvgIpc) is 3.31. The maximum absolute atomic E-state index is 13.4. The highest BCUT2D eigenvalue weighted by atomic mass is 35.5. The summed E-state index contributed by atoms with van der Waals surface area (Å²) in [4.78, 5) is 28.2. The van der Waals surface area contributed by atoms with Gasteiger partial charge in [-0.15, -0.1) is 0 Å². The molecule has 184 valence electrons. The van der Waals surface area contributed by atoms with Crippen LogP contribution in [0.1, 0.15) is 70.9 Å². The Balaban J connectivity index is 1.75. The molecule has 1 fully saturated rings. The van der Waals surface area contributed by atoms with E-state index in [1.54, 1.807) is 11.0 Å². The summed E-state index contributed by atoms with van der Waals surface area (Å²) in [6.07, 6.45) is 4.76. The number of nitrogens with one attached hydrogen (secondary N) is 1. The summed E-state index contributed by atoms with van der Waals surface area (Å²) in [6.45, 7) is 8.49. The maximum Gasteiger partial charge on any atom is 0.261 e. The van der Waals surface area contributed by atoms with Gasteiger partial charge in [-0.1, -0.05) is 82.5 Å². The van der Waals surface area contributed by atoms with Crippen LogP contribution in [0.4, 0.5) is 0 Å². The van der Waals surface area contributed by atoms with Crippen molar-refractivity contribution in [1.29, 1.82) is 0 Å². The largest absolute Gasteiger partial charge is 0.484 e. The Morgan fingerprint density at radius 3 is 2.32 bits per heavy atom. The van der Waals surface area contributed by atoms with Gasteiger partial charge < -0.3 is 15.0 Å². The van der Waals surface area contributed by atoms with Crippen molar-refractivity contribution < 1.29 is 14.3 Å². The first-order valence-corrected chi connectivity index (χ1v) is 12.6. The van der Waals surface area contributed by atoms with Crippen molar-refractivity contribution in [3.8, 4) is 5.75 Å². The highest BCUT2D eigenvalue weighted by molar-refractivity contribution is 6.31. The van der Waals surface area contributed by atoms with E-state index in [9.17, 15) is 9.59 Å². The number of ether oxygens (including phenoxy) is 1. The number of rotatable bonds is 9. The van der Waals surface area contributed by atoms with Crippen LogP contribution in [0.5, 0.6) is 5.75 Å². The van der Waals surface area contributed by atoms with Gasteiger partial charge in [0.2, 0.25) is 5.91 Å². The van der Waals surface area contributed by atoms with Crippen LogP contribution < -0.4 is 10.1 Å². The second-order valence-corrected chi connectivity index (χ2v) is 10.5. The van der Waals surface area contributed by atoms with Gasteiger partial charge in [0.1, 0.15) is 11.8 Å². The third kappa shape index (κ3) is 6.99. The van der Waals surface area contributed by atoms with Gasteiger partial charge in [-0.25, -0.2) is 0 Å². The van der Waals surface area contributed by atoms with E-state index in [2.05, 4.69) is 26.1 Å². The fourth-order valence-electron chi connectivity index (χ4n) is 4.38. The molecule has 6 heteroatoms. The molecule has 1 N–H and O–H groups in total. The Bertz CT molecular complexity index is 962. The van der Waals surface area contributed by atoms with Crippen molar-refractivity contribution in [3.05, 3.63) is 64.7 Å². The van der Waals surface area contributed by atoms with Crippen LogP contribution in [0, 0.1) is 0 Å². The van der Waals surface area contributed by atoms with Crippen molar-refractivity contribution in [3.63, 3.8) is 0 Å². The van der Waals surface area contributed by atoms with Crippen molar-refractivity contribution in [2.75, 3.05) is 6.61 Å². The molecule has 0 unspecified atom stereocenters. The zero-order valence-corrected chi connectivity index (χ0v) is 21.5. The van der Waals surface area contributed by atoms with Gasteiger partial charge in [0.15, 0.2) is 6.61 Å². The maximum atomic E-state index is 13.4. The number of carbonyl (C=O) groups excluding carboxylic acids is 2. The van der Waals surface area contributed by atoms with Crippen molar-refractivity contribution in [1.82, 2.24) is 10.2 Å². The quantitative estimate of drug-likeness (QED) is 0.483. The molecule has 34 heavy (non-hydrogen) atoms. The third-order valence-electron chi connectivity index (χ3n) is 6.47. The molecule has 0 saturated heterocycles. The van der Waals surface area contributed by atoms with Gasteiger partial charge in [0, 0.05) is 17.6 Å². The summed E-state index contributed by atoms with van der Waals surface area (Å²) in [6, 6.07) is 14.8. The minimum atomic E-state index is -0.587. The van der Waals surface area contributed by atoms with E-state index in [1.807, 2.05) is 49.4 Å². The van der Waals surface area contributed by atoms with E-state index in [4.69, 9.17) is 16.3 Å². The number of hydrogen-bond acceptors (Lipinski definition) is 3. The summed E-state index contributed by atoms with van der Waals surface area (Å²) >= 11 is 6.39. The molecule has 0 bridgehead atoms. The molecular weight excluding hydrogens is 448 g/mol. The first-order chi connectivity index (χ1) is 16.2. The lowest BCUT2D eigenvalue weighted by Crippen LogP contribution is -2.52. The molecule has 2 aromatic carbocycles. The number of nitrogens with zero attached hydrogens (tertiary/aromatic N) is 1. The summed E-state index contributed by atoms with van der Waals surface area (Å²) in [5.41, 5.74) is 2.04. The molecule has 1 atom stereocenters. The molecule has 0 radical (unpaired) electrons. The van der Waals surface area contributed by atoms with Crippen LogP contribution in [0.25, 0.3) is 0 Å². The molecule has 5 nitrogen and oxygen atoms in total. The lowest BCUT2D eigenvalue weighted by molar-refractivity contribution is -0.143. The van der Waals surface area contributed by atoms with Crippen LogP contribution >= 0.6 is 11.6 Å². The second-order valence-electron chi connectivity index (χ2n) is 10.1. The molecule has 0 spiro atoms. The van der Waals surface area contributed by atoms with E-state index in [1.165, 1.54) is 5.56 Å². The Morgan fingerprint density at radius 2 is 1.74 bits per heavy atom. The average molecular weight is 485 g/mol. The van der Waals surface area contributed by atoms with Crippen molar-refractivity contribution in [2.24, 2.45) is 0 Å². The van der Waals surface area contributed by atoms with E-state index >= 15 is 0 Å². The van der Waals surface area contributed by atoms with Crippen LogP contribution in [-0.2, 0) is 21.5 Å². The minimum Gasteiger partial charge on any atom is -0.484 e. The first-order valence-electron chi connectivity index (χ1n) is 12.3. The van der Waals surface area contributed by atoms with Gasteiger partial charge in [-0.3, -0.25) is 9.59 Å². The monoisotopic (exact) mass is 484 g/mol. The Labute approximate surface area is 208 Å². The molecule has 1 aliphatic rings. The molecule has 1 aliphatic carbocycles. The zero-order chi connectivity index (χ0) is 24.7. The molecule has 0 aliphatic heterocycles. The topological polar surface area (TPSA) is 58.6 Å². The first kappa shape index (κ1) is 26.1. The number of amides is 2. The van der Waals surface area contributed by atoms with Crippen LogP contribution in [0.15, 0.2) is 48.5 Å². The standard InChI is InChI=1S/C28H37ClN2O3/c1-5-25(27(33)30-22-11-7-8-12-22)31(18-20-10-6-9-13-24(20)29)26(32)19-34-23-16-14-21(15-17-23)28(2,3)4/h6,9-10,13-17,22,25H,5,7-8,11-12,18-19H2,1-4H3,(H,30,33)/t25-/m0/s1. The summed E-state index contributed by atoms with van der Waals surface area (Å²) in [5.74, 6) is 0.278. The summed E-state index contributed by atoms with van der Waals surface area (Å²) in [5, 5.41) is 3.73. The molecule has 2 amide bonds. The smallest absolute Gasteiger partial charge is 0.261 e. The van der Waals surface area contributed by atoms with Crippen LogP contribution in [0.3, 0.4) is 0 Å². The fourth-order valence-corrected chi connectivity index (χ4v) is 4.57. The Morgan fingerprint density at radius 1 is 1.09 bits per heavy atom. The van der Waals surface area contributed by atoms with E-state index in [0.29, 0.717) is 17.2 Å². The lowest BCUT2D eigenvalue weighted by Gasteiger charge is -2.31. The SMILES string of the molecule is CC[C@@H](C(=O)NC1CCCC1)N(Cc1ccccc1Cl)C(=O)COc1ccc(C(C)(C)C)cc1. The molecule has 0 aromatic heterocycles. The lowest BCUT2D eigenvalue weighted by atomic mass is 9.87. The number of carbonyl (C=O) groups is 2. The number of halogens is 1. The number of benzene rings is 2. The van der Waals surface area contributed by atoms with E-state index in [-0.39, 0.29) is 36.4 Å². The highest BCUT2D eigenvalue weighted by Gasteiger charge is 2.31. The van der Waals surface area contributed by atoms with Gasteiger partial charge in [-0.2, -0.15) is 0 Å². The summed E-state index contributed by atoms with van der Waals surface area (Å²) in [7, 11) is 0. The van der Waals surface area contributed by atoms with Gasteiger partial charge >= 0.3 is 0 Å². The van der Waals surface area contributed by atoms with Crippen molar-refractivity contribution >= 4 is 23.4 Å². The van der Waals surface area contributed by atoms with Gasteiger partial charge in [0.05, 0.1) is 0 Å². The van der Waals surface area contributed by atoms with E-state index < -0.39 is 6.04 Å². The molecule has 3 rings (SSSR count). The Kier molecular flexibility index (Phi) is 9.01. The van der Waals surface area contributed by atoms with Gasteiger partial charge in [0.25, 0.3) is 5.91 Å². The molecular formula is C28H37ClN2O3. The minimum absolute atomic E-state index is 0.0428. The predicted octanol–water partition coefficient (Wildman–Crippen LogP) is 5.88. The van der Waals surface area contributed by atoms with Gasteiger partial charge in [-0.05, 0) is 54.0 Å². The van der Waals surface area contributed by atoms with Crippen LogP contribution in [-0.4, -0.2) is 35.4 Å². The second kappa shape index (κ2) is 11.7. The van der Waals surface area contributed by atoms with E-state index in [0.717, 1.165) is 31.2 Å². The summed E-state index contributed by atoms with van der Waals surface area (Å²) < 4.78 is 5.84. The van der Waals surface area contributed by atoms with Crippen molar-refractivity contribution in [2.45, 2.75) is 83.8 Å². The van der Waals surface area contributed by atoms with Crippen LogP contribution in [0.2, 0.25) is 5.02 Å². The normalized spacial score (nSPS) is 15.1. The molecule has 1 saturated carbocycles. The Hall–Kier alpha value is -2.53. The fraction of sp³-hybridized carbons (Fsp3) is 0.500. The third-order valence-corrected chi connectivity index (χ3v) is 6.84. The molecule has 2 aromatic rings.